The predicted octanol–water partition coefficient (Wildman–Crippen LogP) is 5.34. The summed E-state index contributed by atoms with van der Waals surface area (Å²) in [5.74, 6) is 0.769. The second kappa shape index (κ2) is 9.96. The number of nitrogens with zero attached hydrogens (tertiary/aromatic N) is 1. The van der Waals surface area contributed by atoms with E-state index >= 15 is 0 Å². The molecule has 0 aliphatic carbocycles. The number of ether oxygens (including phenoxy) is 2. The van der Waals surface area contributed by atoms with Crippen LogP contribution in [0.15, 0.2) is 71.8 Å². The van der Waals surface area contributed by atoms with Crippen LogP contribution in [-0.4, -0.2) is 19.2 Å². The fraction of sp³-hybridized carbons (Fsp3) is 0.0909. The smallest absolute Gasteiger partial charge is 0.271 e. The summed E-state index contributed by atoms with van der Waals surface area (Å²) >= 11 is 12.3. The number of carbonyl (C=O) groups excluding carboxylic acids is 1. The molecule has 0 unspecified atom stereocenters. The molecule has 0 fully saturated rings. The highest BCUT2D eigenvalue weighted by Crippen LogP contribution is 2.31. The summed E-state index contributed by atoms with van der Waals surface area (Å²) < 4.78 is 11.2. The number of halogens is 2. The van der Waals surface area contributed by atoms with Crippen molar-refractivity contribution in [3.63, 3.8) is 0 Å². The van der Waals surface area contributed by atoms with E-state index in [2.05, 4.69) is 10.5 Å². The third-order valence-electron chi connectivity index (χ3n) is 4.04. The molecule has 0 bridgehead atoms. The van der Waals surface area contributed by atoms with Crippen molar-refractivity contribution >= 4 is 35.3 Å². The van der Waals surface area contributed by atoms with Crippen molar-refractivity contribution in [2.45, 2.75) is 6.61 Å². The number of carbonyl (C=O) groups is 1. The molecule has 0 saturated carbocycles. The molecule has 0 radical (unpaired) electrons. The Morgan fingerprint density at radius 3 is 2.41 bits per heavy atom. The highest BCUT2D eigenvalue weighted by Gasteiger charge is 2.10. The summed E-state index contributed by atoms with van der Waals surface area (Å²) in [6, 6.07) is 19.4. The maximum Gasteiger partial charge on any atom is 0.271 e. The fourth-order valence-electron chi connectivity index (χ4n) is 2.52. The van der Waals surface area contributed by atoms with E-state index in [1.165, 1.54) is 6.21 Å². The maximum absolute atomic E-state index is 12.0. The van der Waals surface area contributed by atoms with Crippen LogP contribution < -0.4 is 14.9 Å². The molecule has 0 heterocycles. The number of methoxy groups -OCH3 is 1. The lowest BCUT2D eigenvalue weighted by Crippen LogP contribution is -2.17. The number of hydrazone groups is 1. The molecule has 29 heavy (non-hydrogen) atoms. The zero-order valence-electron chi connectivity index (χ0n) is 15.6. The first kappa shape index (κ1) is 20.7. The van der Waals surface area contributed by atoms with Crippen molar-refractivity contribution in [3.8, 4) is 11.5 Å². The number of hydrogen-bond acceptors (Lipinski definition) is 4. The van der Waals surface area contributed by atoms with Gasteiger partial charge in [0.15, 0.2) is 11.5 Å². The molecule has 1 amide bonds. The van der Waals surface area contributed by atoms with Crippen molar-refractivity contribution in [2.75, 3.05) is 7.11 Å². The second-order valence-electron chi connectivity index (χ2n) is 5.96. The van der Waals surface area contributed by atoms with Crippen molar-refractivity contribution in [3.05, 3.63) is 93.5 Å². The molecule has 0 atom stereocenters. The van der Waals surface area contributed by atoms with Gasteiger partial charge in [0.25, 0.3) is 5.91 Å². The van der Waals surface area contributed by atoms with E-state index in [1.54, 1.807) is 67.8 Å². The SMILES string of the molecule is COc1cc(/C=N/NC(=O)c2ccccc2)ccc1OCc1c(Cl)cccc1Cl. The Bertz CT molecular complexity index is 1000. The number of hydrogen-bond donors (Lipinski definition) is 1. The molecule has 3 rings (SSSR count). The minimum absolute atomic E-state index is 0.204. The van der Waals surface area contributed by atoms with Crippen molar-refractivity contribution in [1.29, 1.82) is 0 Å². The molecule has 3 aromatic carbocycles. The fourth-order valence-corrected chi connectivity index (χ4v) is 3.03. The number of amides is 1. The minimum Gasteiger partial charge on any atom is -0.493 e. The Labute approximate surface area is 178 Å². The van der Waals surface area contributed by atoms with Gasteiger partial charge in [0.2, 0.25) is 0 Å². The normalized spacial score (nSPS) is 10.7. The molecule has 7 heteroatoms. The average Bonchev–Trinajstić information content (AvgIpc) is 2.74. The monoisotopic (exact) mass is 428 g/mol. The molecule has 0 spiro atoms. The van der Waals surface area contributed by atoms with Gasteiger partial charge in [-0.25, -0.2) is 5.43 Å². The topological polar surface area (TPSA) is 59.9 Å². The van der Waals surface area contributed by atoms with Crippen LogP contribution in [-0.2, 0) is 6.61 Å². The quantitative estimate of drug-likeness (QED) is 0.407. The first-order chi connectivity index (χ1) is 14.1. The Balaban J connectivity index is 1.66. The van der Waals surface area contributed by atoms with Gasteiger partial charge in [-0.2, -0.15) is 5.10 Å². The van der Waals surface area contributed by atoms with Crippen molar-refractivity contribution in [1.82, 2.24) is 5.43 Å². The molecular weight excluding hydrogens is 411 g/mol. The molecule has 5 nitrogen and oxygen atoms in total. The van der Waals surface area contributed by atoms with E-state index in [-0.39, 0.29) is 12.5 Å². The second-order valence-corrected chi connectivity index (χ2v) is 6.78. The summed E-state index contributed by atoms with van der Waals surface area (Å²) in [6.45, 7) is 0.204. The Morgan fingerprint density at radius 2 is 1.72 bits per heavy atom. The van der Waals surface area contributed by atoms with Gasteiger partial charge in [-0.1, -0.05) is 47.5 Å². The third-order valence-corrected chi connectivity index (χ3v) is 4.75. The lowest BCUT2D eigenvalue weighted by atomic mass is 10.2. The number of rotatable bonds is 7. The van der Waals surface area contributed by atoms with Gasteiger partial charge < -0.3 is 9.47 Å². The van der Waals surface area contributed by atoms with E-state index < -0.39 is 0 Å². The van der Waals surface area contributed by atoms with Crippen molar-refractivity contribution in [2.24, 2.45) is 5.10 Å². The van der Waals surface area contributed by atoms with Gasteiger partial charge in [0.1, 0.15) is 6.61 Å². The molecule has 0 saturated heterocycles. The van der Waals surface area contributed by atoms with Gasteiger partial charge in [0.05, 0.1) is 13.3 Å². The van der Waals surface area contributed by atoms with Crippen LogP contribution in [0.4, 0.5) is 0 Å². The van der Waals surface area contributed by atoms with Crippen LogP contribution in [0.1, 0.15) is 21.5 Å². The zero-order valence-corrected chi connectivity index (χ0v) is 17.1. The number of nitrogens with one attached hydrogen (secondary N) is 1. The average molecular weight is 429 g/mol. The van der Waals surface area contributed by atoms with Gasteiger partial charge in [0, 0.05) is 21.2 Å². The largest absolute Gasteiger partial charge is 0.493 e. The number of benzene rings is 3. The lowest BCUT2D eigenvalue weighted by molar-refractivity contribution is 0.0955. The minimum atomic E-state index is -0.287. The first-order valence-corrected chi connectivity index (χ1v) is 9.46. The van der Waals surface area contributed by atoms with Gasteiger partial charge in [-0.15, -0.1) is 0 Å². The summed E-state index contributed by atoms with van der Waals surface area (Å²) in [5, 5.41) is 5.06. The molecule has 0 aliphatic heterocycles. The first-order valence-electron chi connectivity index (χ1n) is 8.70. The zero-order chi connectivity index (χ0) is 20.6. The van der Waals surface area contributed by atoms with Crippen LogP contribution in [0.5, 0.6) is 11.5 Å². The molecule has 3 aromatic rings. The Hall–Kier alpha value is -3.02. The summed E-state index contributed by atoms with van der Waals surface area (Å²) in [7, 11) is 1.54. The summed E-state index contributed by atoms with van der Waals surface area (Å²) in [4.78, 5) is 12.0. The lowest BCUT2D eigenvalue weighted by Gasteiger charge is -2.13. The van der Waals surface area contributed by atoms with Crippen LogP contribution in [0.2, 0.25) is 10.0 Å². The standard InChI is InChI=1S/C22H18Cl2N2O3/c1-28-21-12-15(13-25-26-22(27)16-6-3-2-4-7-16)10-11-20(21)29-14-17-18(23)8-5-9-19(17)24/h2-13H,14H2,1H3,(H,26,27)/b25-13+. The van der Waals surface area contributed by atoms with Crippen LogP contribution >= 0.6 is 23.2 Å². The van der Waals surface area contributed by atoms with E-state index in [1.807, 2.05) is 6.07 Å². The van der Waals surface area contributed by atoms with Gasteiger partial charge >= 0.3 is 0 Å². The van der Waals surface area contributed by atoms with E-state index in [0.717, 1.165) is 5.56 Å². The maximum atomic E-state index is 12.0. The molecule has 0 aromatic heterocycles. The van der Waals surface area contributed by atoms with E-state index in [9.17, 15) is 4.79 Å². The summed E-state index contributed by atoms with van der Waals surface area (Å²) in [6.07, 6.45) is 1.53. The van der Waals surface area contributed by atoms with Crippen LogP contribution in [0.25, 0.3) is 0 Å². The van der Waals surface area contributed by atoms with Crippen molar-refractivity contribution < 1.29 is 14.3 Å². The molecule has 1 N–H and O–H groups in total. The van der Waals surface area contributed by atoms with Gasteiger partial charge in [-0.05, 0) is 48.0 Å². The predicted molar refractivity (Wildman–Crippen MR) is 115 cm³/mol. The van der Waals surface area contributed by atoms with Crippen LogP contribution in [0.3, 0.4) is 0 Å². The Morgan fingerprint density at radius 1 is 1.00 bits per heavy atom. The highest BCUT2D eigenvalue weighted by molar-refractivity contribution is 6.35. The third kappa shape index (κ3) is 5.50. The molecule has 148 valence electrons. The molecular formula is C22H18Cl2N2O3. The highest BCUT2D eigenvalue weighted by atomic mass is 35.5. The van der Waals surface area contributed by atoms with Gasteiger partial charge in [-0.3, -0.25) is 4.79 Å². The van der Waals surface area contributed by atoms with Crippen LogP contribution in [0, 0.1) is 0 Å². The Kier molecular flexibility index (Phi) is 7.11. The molecule has 0 aliphatic rings. The van der Waals surface area contributed by atoms with E-state index in [0.29, 0.717) is 32.7 Å². The van der Waals surface area contributed by atoms with E-state index in [4.69, 9.17) is 32.7 Å². The summed E-state index contributed by atoms with van der Waals surface area (Å²) in [5.41, 5.74) is 4.46.